The van der Waals surface area contributed by atoms with E-state index in [1.54, 1.807) is 0 Å². The predicted octanol–water partition coefficient (Wildman–Crippen LogP) is 2.52. The summed E-state index contributed by atoms with van der Waals surface area (Å²) >= 11 is 0. The molecule has 0 aromatic heterocycles. The summed E-state index contributed by atoms with van der Waals surface area (Å²) < 4.78 is 5.59. The normalized spacial score (nSPS) is 17.5. The van der Waals surface area contributed by atoms with Crippen molar-refractivity contribution in [2.75, 3.05) is 6.61 Å². The lowest BCUT2D eigenvalue weighted by atomic mass is 10.0. The number of ether oxygens (including phenoxy) is 1. The van der Waals surface area contributed by atoms with Gasteiger partial charge in [-0.05, 0) is 42.5 Å². The molecule has 1 aliphatic rings. The molecule has 0 atom stereocenters. The number of aliphatic hydroxyl groups is 1. The fraction of sp³-hybridized carbons (Fsp3) is 0.571. The number of hydrogen-bond donors (Lipinski definition) is 1. The van der Waals surface area contributed by atoms with Gasteiger partial charge in [-0.15, -0.1) is 0 Å². The Bertz CT molecular complexity index is 365. The maximum Gasteiger partial charge on any atom is 0.173 e. The van der Waals surface area contributed by atoms with Crippen LogP contribution in [0.15, 0.2) is 12.1 Å². The summed E-state index contributed by atoms with van der Waals surface area (Å²) in [5, 5.41) is 10.4. The van der Waals surface area contributed by atoms with Crippen molar-refractivity contribution in [1.29, 1.82) is 0 Å². The Kier molecular flexibility index (Phi) is 3.04. The Labute approximate surface area is 97.3 Å². The maximum absolute atomic E-state index is 10.4. The van der Waals surface area contributed by atoms with E-state index in [1.807, 2.05) is 0 Å². The zero-order valence-electron chi connectivity index (χ0n) is 10.3. The number of hydrogen-bond acceptors (Lipinski definition) is 2. The van der Waals surface area contributed by atoms with Gasteiger partial charge in [-0.3, -0.25) is 0 Å². The molecule has 0 saturated carbocycles. The SMILES string of the molecule is CCCOC1(O)Cc2c(C)ccc(C)c2C1. The van der Waals surface area contributed by atoms with E-state index in [4.69, 9.17) is 4.74 Å². The Morgan fingerprint density at radius 1 is 1.19 bits per heavy atom. The molecule has 2 rings (SSSR count). The van der Waals surface area contributed by atoms with Crippen LogP contribution in [0.3, 0.4) is 0 Å². The van der Waals surface area contributed by atoms with E-state index in [-0.39, 0.29) is 0 Å². The smallest absolute Gasteiger partial charge is 0.173 e. The molecule has 1 aliphatic carbocycles. The summed E-state index contributed by atoms with van der Waals surface area (Å²) in [5.41, 5.74) is 5.07. The average Bonchev–Trinajstić information content (AvgIpc) is 2.61. The first-order valence-electron chi connectivity index (χ1n) is 6.00. The fourth-order valence-electron chi connectivity index (χ4n) is 2.43. The van der Waals surface area contributed by atoms with Crippen LogP contribution in [-0.2, 0) is 17.6 Å². The minimum atomic E-state index is -0.963. The van der Waals surface area contributed by atoms with Crippen molar-refractivity contribution < 1.29 is 9.84 Å². The minimum absolute atomic E-state index is 0.628. The Hall–Kier alpha value is -0.860. The van der Waals surface area contributed by atoms with Gasteiger partial charge in [0.2, 0.25) is 0 Å². The average molecular weight is 220 g/mol. The summed E-state index contributed by atoms with van der Waals surface area (Å²) in [5.74, 6) is -0.963. The molecule has 1 aromatic rings. The molecule has 0 amide bonds. The third-order valence-corrected chi connectivity index (χ3v) is 3.38. The summed E-state index contributed by atoms with van der Waals surface area (Å²) in [6.45, 7) is 6.89. The zero-order valence-corrected chi connectivity index (χ0v) is 10.3. The van der Waals surface area contributed by atoms with Gasteiger partial charge in [0.05, 0.1) is 0 Å². The molecule has 0 unspecified atom stereocenters. The van der Waals surface area contributed by atoms with E-state index < -0.39 is 5.79 Å². The lowest BCUT2D eigenvalue weighted by molar-refractivity contribution is -0.195. The van der Waals surface area contributed by atoms with Gasteiger partial charge in [0.25, 0.3) is 0 Å². The van der Waals surface area contributed by atoms with Gasteiger partial charge >= 0.3 is 0 Å². The molecule has 0 fully saturated rings. The molecular weight excluding hydrogens is 200 g/mol. The Morgan fingerprint density at radius 3 is 2.12 bits per heavy atom. The number of rotatable bonds is 3. The third-order valence-electron chi connectivity index (χ3n) is 3.38. The highest BCUT2D eigenvalue weighted by molar-refractivity contribution is 5.44. The molecule has 0 radical (unpaired) electrons. The topological polar surface area (TPSA) is 29.5 Å². The molecule has 1 aromatic carbocycles. The number of aryl methyl sites for hydroxylation is 2. The summed E-state index contributed by atoms with van der Waals surface area (Å²) in [7, 11) is 0. The molecule has 2 heteroatoms. The first kappa shape index (κ1) is 11.6. The number of fused-ring (bicyclic) bond motifs is 1. The van der Waals surface area contributed by atoms with Gasteiger partial charge in [-0.1, -0.05) is 19.1 Å². The highest BCUT2D eigenvalue weighted by Gasteiger charge is 2.37. The van der Waals surface area contributed by atoms with E-state index in [9.17, 15) is 5.11 Å². The van der Waals surface area contributed by atoms with Crippen LogP contribution in [0.25, 0.3) is 0 Å². The quantitative estimate of drug-likeness (QED) is 0.793. The third kappa shape index (κ3) is 2.00. The highest BCUT2D eigenvalue weighted by atomic mass is 16.6. The Balaban J connectivity index is 2.26. The standard InChI is InChI=1S/C14H20O2/c1-4-7-16-14(15)8-12-10(2)5-6-11(3)13(12)9-14/h5-6,15H,4,7-9H2,1-3H3. The van der Waals surface area contributed by atoms with E-state index in [0.29, 0.717) is 19.4 Å². The minimum Gasteiger partial charge on any atom is -0.365 e. The molecule has 1 N–H and O–H groups in total. The van der Waals surface area contributed by atoms with Gasteiger partial charge in [-0.2, -0.15) is 0 Å². The maximum atomic E-state index is 10.4. The van der Waals surface area contributed by atoms with E-state index in [0.717, 1.165) is 6.42 Å². The monoisotopic (exact) mass is 220 g/mol. The van der Waals surface area contributed by atoms with Crippen molar-refractivity contribution in [3.8, 4) is 0 Å². The molecule has 16 heavy (non-hydrogen) atoms. The van der Waals surface area contributed by atoms with Crippen LogP contribution >= 0.6 is 0 Å². The molecule has 0 aliphatic heterocycles. The summed E-state index contributed by atoms with van der Waals surface area (Å²) in [4.78, 5) is 0. The summed E-state index contributed by atoms with van der Waals surface area (Å²) in [6, 6.07) is 4.25. The lowest BCUT2D eigenvalue weighted by Gasteiger charge is -2.22. The van der Waals surface area contributed by atoms with Crippen molar-refractivity contribution in [1.82, 2.24) is 0 Å². The van der Waals surface area contributed by atoms with Crippen molar-refractivity contribution in [2.45, 2.75) is 45.8 Å². The second kappa shape index (κ2) is 4.19. The van der Waals surface area contributed by atoms with Gasteiger partial charge in [0.15, 0.2) is 5.79 Å². The lowest BCUT2D eigenvalue weighted by Crippen LogP contribution is -2.33. The van der Waals surface area contributed by atoms with Crippen molar-refractivity contribution >= 4 is 0 Å². The van der Waals surface area contributed by atoms with Crippen LogP contribution in [0.5, 0.6) is 0 Å². The molecular formula is C14H20O2. The van der Waals surface area contributed by atoms with Crippen LogP contribution in [0.2, 0.25) is 0 Å². The fourth-order valence-corrected chi connectivity index (χ4v) is 2.43. The Morgan fingerprint density at radius 2 is 1.69 bits per heavy atom. The van der Waals surface area contributed by atoms with Gasteiger partial charge in [0, 0.05) is 19.4 Å². The highest BCUT2D eigenvalue weighted by Crippen LogP contribution is 2.35. The van der Waals surface area contributed by atoms with Crippen molar-refractivity contribution in [3.63, 3.8) is 0 Å². The molecule has 0 saturated heterocycles. The van der Waals surface area contributed by atoms with E-state index in [1.165, 1.54) is 22.3 Å². The molecule has 88 valence electrons. The second-order valence-corrected chi connectivity index (χ2v) is 4.80. The van der Waals surface area contributed by atoms with Crippen molar-refractivity contribution in [3.05, 3.63) is 34.4 Å². The van der Waals surface area contributed by atoms with Crippen LogP contribution in [-0.4, -0.2) is 17.5 Å². The van der Waals surface area contributed by atoms with Gasteiger partial charge < -0.3 is 9.84 Å². The zero-order chi connectivity index (χ0) is 11.8. The largest absolute Gasteiger partial charge is 0.365 e. The van der Waals surface area contributed by atoms with Crippen LogP contribution in [0.4, 0.5) is 0 Å². The van der Waals surface area contributed by atoms with Gasteiger partial charge in [-0.25, -0.2) is 0 Å². The number of benzene rings is 1. The van der Waals surface area contributed by atoms with E-state index in [2.05, 4.69) is 32.9 Å². The molecule has 0 spiro atoms. The molecule has 2 nitrogen and oxygen atoms in total. The van der Waals surface area contributed by atoms with Crippen molar-refractivity contribution in [2.24, 2.45) is 0 Å². The molecule has 0 bridgehead atoms. The van der Waals surface area contributed by atoms with Crippen LogP contribution in [0.1, 0.15) is 35.6 Å². The van der Waals surface area contributed by atoms with E-state index >= 15 is 0 Å². The van der Waals surface area contributed by atoms with Gasteiger partial charge in [0.1, 0.15) is 0 Å². The first-order valence-corrected chi connectivity index (χ1v) is 6.00. The van der Waals surface area contributed by atoms with Crippen LogP contribution in [0, 0.1) is 13.8 Å². The second-order valence-electron chi connectivity index (χ2n) is 4.80. The molecule has 0 heterocycles. The first-order chi connectivity index (χ1) is 7.56. The predicted molar refractivity (Wildman–Crippen MR) is 64.5 cm³/mol. The van der Waals surface area contributed by atoms with Crippen LogP contribution < -0.4 is 0 Å². The summed E-state index contributed by atoms with van der Waals surface area (Å²) in [6.07, 6.45) is 2.21.